The third-order valence-corrected chi connectivity index (χ3v) is 3.06. The molecule has 0 spiro atoms. The Morgan fingerprint density at radius 2 is 2.20 bits per heavy atom. The lowest BCUT2D eigenvalue weighted by Gasteiger charge is -2.04. The average Bonchev–Trinajstić information content (AvgIpc) is 2.66. The van der Waals surface area contributed by atoms with Gasteiger partial charge in [-0.3, -0.25) is 0 Å². The number of halogens is 2. The molecule has 0 aliphatic carbocycles. The summed E-state index contributed by atoms with van der Waals surface area (Å²) in [7, 11) is 0. The van der Waals surface area contributed by atoms with Gasteiger partial charge in [0.25, 0.3) is 0 Å². The fraction of sp³-hybridized carbons (Fsp3) is 0.100. The van der Waals surface area contributed by atoms with Gasteiger partial charge in [0.2, 0.25) is 0 Å². The minimum absolute atomic E-state index is 0.0445. The molecule has 2 rings (SSSR count). The van der Waals surface area contributed by atoms with E-state index in [4.69, 9.17) is 16.7 Å². The molecule has 0 aliphatic rings. The van der Waals surface area contributed by atoms with E-state index in [9.17, 15) is 0 Å². The summed E-state index contributed by atoms with van der Waals surface area (Å²) in [5, 5.41) is 13.8. The van der Waals surface area contributed by atoms with Gasteiger partial charge < -0.3 is 5.11 Å². The Morgan fingerprint density at radius 1 is 1.40 bits per heavy atom. The molecule has 0 saturated carbocycles. The molecule has 0 fully saturated rings. The molecule has 0 unspecified atom stereocenters. The molecule has 0 radical (unpaired) electrons. The Labute approximate surface area is 106 Å². The summed E-state index contributed by atoms with van der Waals surface area (Å²) in [6.45, 7) is -0.0445. The van der Waals surface area contributed by atoms with Gasteiger partial charge in [-0.15, -0.1) is 0 Å². The van der Waals surface area contributed by atoms with Crippen LogP contribution in [0.15, 0.2) is 30.5 Å². The van der Waals surface area contributed by atoms with Crippen LogP contribution >= 0.6 is 34.2 Å². The highest BCUT2D eigenvalue weighted by Gasteiger charge is 2.04. The standard InChI is InChI=1S/C10H8ClIN2O/c11-7-1-2-10(9(12)5-7)14-4-3-8(6-15)13-14/h1-5,15H,6H2. The third kappa shape index (κ3) is 2.32. The highest BCUT2D eigenvalue weighted by atomic mass is 127. The molecule has 15 heavy (non-hydrogen) atoms. The Hall–Kier alpha value is -0.590. The molecule has 1 N–H and O–H groups in total. The van der Waals surface area contributed by atoms with Crippen LogP contribution in [0.2, 0.25) is 5.02 Å². The van der Waals surface area contributed by atoms with Crippen molar-refractivity contribution in [1.82, 2.24) is 9.78 Å². The monoisotopic (exact) mass is 334 g/mol. The van der Waals surface area contributed by atoms with E-state index >= 15 is 0 Å². The zero-order valence-corrected chi connectivity index (χ0v) is 10.6. The number of aromatic nitrogens is 2. The molecule has 1 heterocycles. The predicted molar refractivity (Wildman–Crippen MR) is 67.2 cm³/mol. The zero-order chi connectivity index (χ0) is 10.8. The molecule has 2 aromatic rings. The van der Waals surface area contributed by atoms with E-state index in [0.717, 1.165) is 9.26 Å². The number of benzene rings is 1. The van der Waals surface area contributed by atoms with Crippen molar-refractivity contribution in [3.63, 3.8) is 0 Å². The van der Waals surface area contributed by atoms with Gasteiger partial charge in [-0.25, -0.2) is 4.68 Å². The number of hydrogen-bond acceptors (Lipinski definition) is 2. The molecule has 0 amide bonds. The summed E-state index contributed by atoms with van der Waals surface area (Å²) in [6, 6.07) is 7.38. The second-order valence-corrected chi connectivity index (χ2v) is 4.60. The van der Waals surface area contributed by atoms with Gasteiger partial charge in [0.1, 0.15) is 0 Å². The first kappa shape index (κ1) is 10.9. The maximum absolute atomic E-state index is 8.91. The van der Waals surface area contributed by atoms with Crippen molar-refractivity contribution >= 4 is 34.2 Å². The fourth-order valence-electron chi connectivity index (χ4n) is 1.25. The Bertz CT molecular complexity index is 484. The van der Waals surface area contributed by atoms with Crippen LogP contribution in [0.25, 0.3) is 5.69 Å². The molecule has 1 aromatic carbocycles. The van der Waals surface area contributed by atoms with Crippen molar-refractivity contribution < 1.29 is 5.11 Å². The molecule has 5 heteroatoms. The molecule has 0 bridgehead atoms. The smallest absolute Gasteiger partial charge is 0.0883 e. The maximum atomic E-state index is 8.91. The van der Waals surface area contributed by atoms with Gasteiger partial charge in [-0.2, -0.15) is 5.10 Å². The summed E-state index contributed by atoms with van der Waals surface area (Å²) >= 11 is 8.07. The van der Waals surface area contributed by atoms with Crippen LogP contribution in [-0.4, -0.2) is 14.9 Å². The quantitative estimate of drug-likeness (QED) is 0.858. The average molecular weight is 335 g/mol. The van der Waals surface area contributed by atoms with Crippen LogP contribution < -0.4 is 0 Å². The number of aliphatic hydroxyl groups is 1. The molecule has 1 aromatic heterocycles. The van der Waals surface area contributed by atoms with Crippen molar-refractivity contribution in [2.45, 2.75) is 6.61 Å². The number of aliphatic hydroxyl groups excluding tert-OH is 1. The lowest BCUT2D eigenvalue weighted by molar-refractivity contribution is 0.276. The first-order chi connectivity index (χ1) is 7.20. The summed E-state index contributed by atoms with van der Waals surface area (Å²) in [5.41, 5.74) is 1.61. The van der Waals surface area contributed by atoms with Crippen LogP contribution in [0.4, 0.5) is 0 Å². The molecular formula is C10H8ClIN2O. The minimum Gasteiger partial charge on any atom is -0.390 e. The minimum atomic E-state index is -0.0445. The van der Waals surface area contributed by atoms with Crippen LogP contribution in [0.3, 0.4) is 0 Å². The highest BCUT2D eigenvalue weighted by Crippen LogP contribution is 2.21. The molecule has 0 saturated heterocycles. The van der Waals surface area contributed by atoms with Crippen LogP contribution in [-0.2, 0) is 6.61 Å². The van der Waals surface area contributed by atoms with E-state index < -0.39 is 0 Å². The zero-order valence-electron chi connectivity index (χ0n) is 7.69. The topological polar surface area (TPSA) is 38.0 Å². The molecule has 0 atom stereocenters. The van der Waals surface area contributed by atoms with Crippen LogP contribution in [0.1, 0.15) is 5.69 Å². The molecule has 0 aliphatic heterocycles. The second kappa shape index (κ2) is 4.51. The summed E-state index contributed by atoms with van der Waals surface area (Å²) in [4.78, 5) is 0. The van der Waals surface area contributed by atoms with E-state index in [2.05, 4.69) is 27.7 Å². The first-order valence-electron chi connectivity index (χ1n) is 4.31. The normalized spacial score (nSPS) is 10.6. The van der Waals surface area contributed by atoms with Crippen molar-refractivity contribution in [1.29, 1.82) is 0 Å². The van der Waals surface area contributed by atoms with Crippen LogP contribution in [0.5, 0.6) is 0 Å². The second-order valence-electron chi connectivity index (χ2n) is 3.01. The van der Waals surface area contributed by atoms with Gasteiger partial charge >= 0.3 is 0 Å². The van der Waals surface area contributed by atoms with Gasteiger partial charge in [0.05, 0.1) is 18.0 Å². The lowest BCUT2D eigenvalue weighted by atomic mass is 10.3. The lowest BCUT2D eigenvalue weighted by Crippen LogP contribution is -1.98. The third-order valence-electron chi connectivity index (χ3n) is 1.96. The Morgan fingerprint density at radius 3 is 2.80 bits per heavy atom. The van der Waals surface area contributed by atoms with E-state index in [1.807, 2.05) is 24.4 Å². The van der Waals surface area contributed by atoms with Crippen molar-refractivity contribution in [3.8, 4) is 5.69 Å². The predicted octanol–water partition coefficient (Wildman–Crippen LogP) is 2.62. The molecule has 78 valence electrons. The number of hydrogen-bond donors (Lipinski definition) is 1. The van der Waals surface area contributed by atoms with E-state index in [1.165, 1.54) is 0 Å². The van der Waals surface area contributed by atoms with E-state index in [0.29, 0.717) is 10.7 Å². The van der Waals surface area contributed by atoms with Crippen LogP contribution in [0, 0.1) is 3.57 Å². The Balaban J connectivity index is 2.44. The van der Waals surface area contributed by atoms with Gasteiger partial charge in [0.15, 0.2) is 0 Å². The van der Waals surface area contributed by atoms with Gasteiger partial charge in [-0.1, -0.05) is 11.6 Å². The summed E-state index contributed by atoms with van der Waals surface area (Å²) < 4.78 is 2.75. The first-order valence-corrected chi connectivity index (χ1v) is 5.77. The number of rotatable bonds is 2. The largest absolute Gasteiger partial charge is 0.390 e. The maximum Gasteiger partial charge on any atom is 0.0883 e. The van der Waals surface area contributed by atoms with Crippen molar-refractivity contribution in [3.05, 3.63) is 44.7 Å². The summed E-state index contributed by atoms with van der Waals surface area (Å²) in [6.07, 6.45) is 1.82. The van der Waals surface area contributed by atoms with Crippen molar-refractivity contribution in [2.24, 2.45) is 0 Å². The van der Waals surface area contributed by atoms with E-state index in [1.54, 1.807) is 10.7 Å². The summed E-state index contributed by atoms with van der Waals surface area (Å²) in [5.74, 6) is 0. The number of nitrogens with zero attached hydrogens (tertiary/aromatic N) is 2. The molecular weight excluding hydrogens is 326 g/mol. The fourth-order valence-corrected chi connectivity index (χ4v) is 2.37. The Kier molecular flexibility index (Phi) is 3.28. The van der Waals surface area contributed by atoms with Crippen molar-refractivity contribution in [2.75, 3.05) is 0 Å². The SMILES string of the molecule is OCc1ccn(-c2ccc(Cl)cc2I)n1. The molecule has 3 nitrogen and oxygen atoms in total. The highest BCUT2D eigenvalue weighted by molar-refractivity contribution is 14.1. The van der Waals surface area contributed by atoms with Gasteiger partial charge in [-0.05, 0) is 46.9 Å². The van der Waals surface area contributed by atoms with E-state index in [-0.39, 0.29) is 6.61 Å². The van der Waals surface area contributed by atoms with Gasteiger partial charge in [0, 0.05) is 14.8 Å².